The number of hydrogen-bond acceptors (Lipinski definition) is 6. The Morgan fingerprint density at radius 1 is 1.14 bits per heavy atom. The molecule has 8 nitrogen and oxygen atoms in total. The molecule has 8 heteroatoms. The fourth-order valence-electron chi connectivity index (χ4n) is 2.45. The number of benzene rings is 1. The standard InChI is InChI=1S/C20H19N5O3/c1-12-5-6-14(18(26)23-13(2)19(27)28)10-17(12)25-20-22-9-7-16(24-20)15-4-3-8-21-11-15/h3-11,13H,1-2H3,(H,23,26)(H,27,28)(H,22,24,25)/t13-/m0/s1. The minimum atomic E-state index is -1.10. The van der Waals surface area contributed by atoms with Crippen LogP contribution in [0, 0.1) is 6.92 Å². The van der Waals surface area contributed by atoms with Crippen LogP contribution in [0.1, 0.15) is 22.8 Å². The molecule has 0 radical (unpaired) electrons. The van der Waals surface area contributed by atoms with Crippen LogP contribution in [-0.2, 0) is 4.79 Å². The molecular weight excluding hydrogens is 358 g/mol. The highest BCUT2D eigenvalue weighted by Gasteiger charge is 2.16. The molecule has 2 heterocycles. The van der Waals surface area contributed by atoms with Crippen LogP contribution in [0.5, 0.6) is 0 Å². The third-order valence-electron chi connectivity index (χ3n) is 4.08. The van der Waals surface area contributed by atoms with E-state index in [1.807, 2.05) is 19.1 Å². The van der Waals surface area contributed by atoms with Gasteiger partial charge in [-0.05, 0) is 49.7 Å². The van der Waals surface area contributed by atoms with Crippen LogP contribution in [0.15, 0.2) is 55.0 Å². The molecule has 28 heavy (non-hydrogen) atoms. The van der Waals surface area contributed by atoms with Gasteiger partial charge in [0, 0.05) is 35.4 Å². The molecule has 1 atom stereocenters. The van der Waals surface area contributed by atoms with Crippen LogP contribution in [-0.4, -0.2) is 38.0 Å². The highest BCUT2D eigenvalue weighted by atomic mass is 16.4. The molecule has 0 saturated carbocycles. The van der Waals surface area contributed by atoms with Crippen LogP contribution in [0.3, 0.4) is 0 Å². The number of carboxylic acids is 1. The highest BCUT2D eigenvalue weighted by molar-refractivity contribution is 5.97. The summed E-state index contributed by atoms with van der Waals surface area (Å²) in [6, 6.07) is 9.58. The van der Waals surface area contributed by atoms with Gasteiger partial charge in [-0.3, -0.25) is 14.6 Å². The first-order chi connectivity index (χ1) is 13.4. The first kappa shape index (κ1) is 19.0. The summed E-state index contributed by atoms with van der Waals surface area (Å²) in [5, 5.41) is 14.5. The number of aromatic nitrogens is 3. The second-order valence-electron chi connectivity index (χ2n) is 6.20. The lowest BCUT2D eigenvalue weighted by Gasteiger charge is -2.13. The normalized spacial score (nSPS) is 11.5. The molecule has 1 amide bonds. The molecule has 3 N–H and O–H groups in total. The number of carbonyl (C=O) groups is 2. The van der Waals surface area contributed by atoms with Gasteiger partial charge in [0.25, 0.3) is 5.91 Å². The Hall–Kier alpha value is -3.81. The Morgan fingerprint density at radius 2 is 1.96 bits per heavy atom. The van der Waals surface area contributed by atoms with Crippen molar-refractivity contribution >= 4 is 23.5 Å². The monoisotopic (exact) mass is 377 g/mol. The molecule has 0 spiro atoms. The number of aryl methyl sites for hydroxylation is 1. The number of carbonyl (C=O) groups excluding carboxylic acids is 1. The predicted octanol–water partition coefficient (Wildman–Crippen LogP) is 2.79. The average Bonchev–Trinajstić information content (AvgIpc) is 2.70. The number of nitrogens with one attached hydrogen (secondary N) is 2. The lowest BCUT2D eigenvalue weighted by Crippen LogP contribution is -2.38. The number of amides is 1. The van der Waals surface area contributed by atoms with Crippen molar-refractivity contribution in [3.05, 3.63) is 66.1 Å². The van der Waals surface area contributed by atoms with Crippen molar-refractivity contribution in [2.75, 3.05) is 5.32 Å². The number of carboxylic acid groups (broad SMARTS) is 1. The third-order valence-corrected chi connectivity index (χ3v) is 4.08. The molecule has 0 unspecified atom stereocenters. The predicted molar refractivity (Wildman–Crippen MR) is 104 cm³/mol. The minimum Gasteiger partial charge on any atom is -0.480 e. The second kappa shape index (κ2) is 8.26. The van der Waals surface area contributed by atoms with E-state index in [9.17, 15) is 9.59 Å². The van der Waals surface area contributed by atoms with Gasteiger partial charge < -0.3 is 15.7 Å². The molecule has 0 aliphatic heterocycles. The average molecular weight is 377 g/mol. The highest BCUT2D eigenvalue weighted by Crippen LogP contribution is 2.22. The molecule has 0 aliphatic carbocycles. The van der Waals surface area contributed by atoms with E-state index >= 15 is 0 Å². The Morgan fingerprint density at radius 3 is 2.68 bits per heavy atom. The smallest absolute Gasteiger partial charge is 0.325 e. The zero-order chi connectivity index (χ0) is 20.1. The van der Waals surface area contributed by atoms with Gasteiger partial charge in [0.2, 0.25) is 5.95 Å². The summed E-state index contributed by atoms with van der Waals surface area (Å²) in [4.78, 5) is 36.0. The molecule has 1 aromatic carbocycles. The Labute approximate surface area is 161 Å². The van der Waals surface area contributed by atoms with Gasteiger partial charge in [0.05, 0.1) is 5.69 Å². The number of anilines is 2. The molecule has 0 saturated heterocycles. The second-order valence-corrected chi connectivity index (χ2v) is 6.20. The summed E-state index contributed by atoms with van der Waals surface area (Å²) in [6.07, 6.45) is 5.04. The third kappa shape index (κ3) is 4.47. The molecule has 3 aromatic rings. The lowest BCUT2D eigenvalue weighted by molar-refractivity contribution is -0.138. The quantitative estimate of drug-likeness (QED) is 0.604. The molecule has 2 aromatic heterocycles. The van der Waals surface area contributed by atoms with Crippen molar-refractivity contribution < 1.29 is 14.7 Å². The van der Waals surface area contributed by atoms with Gasteiger partial charge in [-0.2, -0.15) is 0 Å². The van der Waals surface area contributed by atoms with Gasteiger partial charge in [0.1, 0.15) is 6.04 Å². The van der Waals surface area contributed by atoms with Gasteiger partial charge >= 0.3 is 5.97 Å². The molecule has 0 bridgehead atoms. The van der Waals surface area contributed by atoms with Crippen LogP contribution in [0.25, 0.3) is 11.3 Å². The van der Waals surface area contributed by atoms with Gasteiger partial charge in [-0.1, -0.05) is 6.07 Å². The van der Waals surface area contributed by atoms with Crippen LogP contribution in [0.2, 0.25) is 0 Å². The first-order valence-corrected chi connectivity index (χ1v) is 8.59. The van der Waals surface area contributed by atoms with E-state index in [2.05, 4.69) is 25.6 Å². The maximum Gasteiger partial charge on any atom is 0.325 e. The summed E-state index contributed by atoms with van der Waals surface area (Å²) >= 11 is 0. The fraction of sp³-hybridized carbons (Fsp3) is 0.150. The molecule has 0 aliphatic rings. The summed E-state index contributed by atoms with van der Waals surface area (Å²) < 4.78 is 0. The Bertz CT molecular complexity index is 1010. The molecular formula is C20H19N5O3. The Balaban J connectivity index is 1.83. The summed E-state index contributed by atoms with van der Waals surface area (Å²) in [7, 11) is 0. The van der Waals surface area contributed by atoms with Crippen LogP contribution in [0.4, 0.5) is 11.6 Å². The number of aliphatic carboxylic acids is 1. The largest absolute Gasteiger partial charge is 0.480 e. The van der Waals surface area contributed by atoms with Crippen LogP contribution < -0.4 is 10.6 Å². The van der Waals surface area contributed by atoms with E-state index in [0.717, 1.165) is 11.1 Å². The van der Waals surface area contributed by atoms with E-state index in [1.54, 1.807) is 42.9 Å². The van der Waals surface area contributed by atoms with E-state index in [4.69, 9.17) is 5.11 Å². The van der Waals surface area contributed by atoms with Crippen molar-refractivity contribution in [1.29, 1.82) is 0 Å². The SMILES string of the molecule is Cc1ccc(C(=O)N[C@@H](C)C(=O)O)cc1Nc1nccc(-c2cccnc2)n1. The molecule has 142 valence electrons. The van der Waals surface area contributed by atoms with E-state index in [1.165, 1.54) is 6.92 Å². The van der Waals surface area contributed by atoms with Crippen molar-refractivity contribution in [3.8, 4) is 11.3 Å². The van der Waals surface area contributed by atoms with Gasteiger partial charge in [0.15, 0.2) is 0 Å². The fourth-order valence-corrected chi connectivity index (χ4v) is 2.45. The topological polar surface area (TPSA) is 117 Å². The zero-order valence-electron chi connectivity index (χ0n) is 15.4. The first-order valence-electron chi connectivity index (χ1n) is 8.59. The van der Waals surface area contributed by atoms with E-state index in [-0.39, 0.29) is 0 Å². The molecule has 3 rings (SSSR count). The summed E-state index contributed by atoms with van der Waals surface area (Å²) in [6.45, 7) is 3.29. The summed E-state index contributed by atoms with van der Waals surface area (Å²) in [5.74, 6) is -1.19. The van der Waals surface area contributed by atoms with Gasteiger partial charge in [-0.25, -0.2) is 9.97 Å². The number of hydrogen-bond donors (Lipinski definition) is 3. The van der Waals surface area contributed by atoms with Crippen molar-refractivity contribution in [3.63, 3.8) is 0 Å². The van der Waals surface area contributed by atoms with Crippen molar-refractivity contribution in [2.24, 2.45) is 0 Å². The zero-order valence-corrected chi connectivity index (χ0v) is 15.4. The molecule has 0 fully saturated rings. The van der Waals surface area contributed by atoms with Crippen molar-refractivity contribution in [1.82, 2.24) is 20.3 Å². The lowest BCUT2D eigenvalue weighted by atomic mass is 10.1. The number of pyridine rings is 1. The van der Waals surface area contributed by atoms with Crippen LogP contribution >= 0.6 is 0 Å². The minimum absolute atomic E-state index is 0.338. The number of rotatable bonds is 6. The van der Waals surface area contributed by atoms with E-state index < -0.39 is 17.9 Å². The maximum atomic E-state index is 12.3. The Kier molecular flexibility index (Phi) is 5.59. The van der Waals surface area contributed by atoms with Crippen molar-refractivity contribution in [2.45, 2.75) is 19.9 Å². The van der Waals surface area contributed by atoms with Gasteiger partial charge in [-0.15, -0.1) is 0 Å². The maximum absolute atomic E-state index is 12.3. The summed E-state index contributed by atoms with van der Waals surface area (Å²) in [5.41, 5.74) is 3.45. The van der Waals surface area contributed by atoms with E-state index in [0.29, 0.717) is 22.9 Å². The number of nitrogens with zero attached hydrogens (tertiary/aromatic N) is 3.